The Labute approximate surface area is 164 Å². The normalized spacial score (nSPS) is 12.3. The highest BCUT2D eigenvalue weighted by atomic mass is 16.5. The number of benzene rings is 4. The molecule has 4 rings (SSSR count). The van der Waals surface area contributed by atoms with Gasteiger partial charge in [0.2, 0.25) is 0 Å². The Kier molecular flexibility index (Phi) is 5.07. The third-order valence-electron chi connectivity index (χ3n) is 4.83. The third-order valence-corrected chi connectivity index (χ3v) is 4.83. The summed E-state index contributed by atoms with van der Waals surface area (Å²) in [6, 6.07) is 29.3. The van der Waals surface area contributed by atoms with Crippen LogP contribution in [-0.2, 0) is 0 Å². The number of fused-ring (bicyclic) bond motifs is 1. The fraction of sp³-hybridized carbons (Fsp3) is 0.0800. The Balaban J connectivity index is 1.78. The summed E-state index contributed by atoms with van der Waals surface area (Å²) in [5, 5.41) is 12.8. The van der Waals surface area contributed by atoms with E-state index in [0.29, 0.717) is 0 Å². The lowest BCUT2D eigenvalue weighted by atomic mass is 9.95. The molecule has 1 atom stereocenters. The molecule has 0 amide bonds. The van der Waals surface area contributed by atoms with Crippen molar-refractivity contribution >= 4 is 17.0 Å². The summed E-state index contributed by atoms with van der Waals surface area (Å²) < 4.78 is 5.21. The molecule has 0 bridgehead atoms. The molecule has 0 spiro atoms. The van der Waals surface area contributed by atoms with Crippen molar-refractivity contribution < 1.29 is 9.84 Å². The van der Waals surface area contributed by atoms with Gasteiger partial charge in [0.15, 0.2) is 0 Å². The highest BCUT2D eigenvalue weighted by molar-refractivity contribution is 5.89. The van der Waals surface area contributed by atoms with Gasteiger partial charge in [0.25, 0.3) is 0 Å². The van der Waals surface area contributed by atoms with E-state index < -0.39 is 0 Å². The average molecular weight is 367 g/mol. The van der Waals surface area contributed by atoms with Gasteiger partial charge in [-0.1, -0.05) is 66.7 Å². The maximum Gasteiger partial charge on any atom is 0.129 e. The minimum absolute atomic E-state index is 0.277. The molecule has 0 fully saturated rings. The zero-order valence-corrected chi connectivity index (χ0v) is 15.6. The monoisotopic (exact) mass is 367 g/mol. The van der Waals surface area contributed by atoms with E-state index in [1.807, 2.05) is 97.2 Å². The van der Waals surface area contributed by atoms with Gasteiger partial charge in [0, 0.05) is 17.2 Å². The SMILES string of the molecule is COc1ccc(C=NC(c2ccccc2)c2ccc3ccccc3c2O)cc1. The van der Waals surface area contributed by atoms with Crippen LogP contribution in [0.2, 0.25) is 0 Å². The van der Waals surface area contributed by atoms with Crippen LogP contribution in [0.15, 0.2) is 96.0 Å². The second kappa shape index (κ2) is 7.97. The molecule has 28 heavy (non-hydrogen) atoms. The van der Waals surface area contributed by atoms with Gasteiger partial charge in [0.1, 0.15) is 17.5 Å². The quantitative estimate of drug-likeness (QED) is 0.456. The first-order chi connectivity index (χ1) is 13.8. The van der Waals surface area contributed by atoms with Gasteiger partial charge >= 0.3 is 0 Å². The van der Waals surface area contributed by atoms with Crippen molar-refractivity contribution in [3.8, 4) is 11.5 Å². The highest BCUT2D eigenvalue weighted by Crippen LogP contribution is 2.37. The van der Waals surface area contributed by atoms with Crippen LogP contribution in [0, 0.1) is 0 Å². The molecule has 0 aliphatic carbocycles. The summed E-state index contributed by atoms with van der Waals surface area (Å²) in [7, 11) is 1.65. The minimum atomic E-state index is -0.298. The molecule has 0 heterocycles. The lowest BCUT2D eigenvalue weighted by Crippen LogP contribution is -2.00. The molecule has 3 heteroatoms. The van der Waals surface area contributed by atoms with Crippen LogP contribution >= 0.6 is 0 Å². The summed E-state index contributed by atoms with van der Waals surface area (Å²) in [4.78, 5) is 4.83. The van der Waals surface area contributed by atoms with E-state index in [4.69, 9.17) is 9.73 Å². The van der Waals surface area contributed by atoms with Crippen LogP contribution in [0.4, 0.5) is 0 Å². The fourth-order valence-corrected chi connectivity index (χ4v) is 3.32. The third kappa shape index (κ3) is 3.60. The second-order valence-corrected chi connectivity index (χ2v) is 6.59. The molecule has 4 aromatic carbocycles. The molecule has 1 N–H and O–H groups in total. The summed E-state index contributed by atoms with van der Waals surface area (Å²) in [5.41, 5.74) is 2.79. The maximum atomic E-state index is 11.0. The van der Waals surface area contributed by atoms with Gasteiger partial charge in [-0.3, -0.25) is 4.99 Å². The van der Waals surface area contributed by atoms with Crippen LogP contribution < -0.4 is 4.74 Å². The molecular weight excluding hydrogens is 346 g/mol. The number of nitrogens with zero attached hydrogens (tertiary/aromatic N) is 1. The molecule has 0 aliphatic rings. The van der Waals surface area contributed by atoms with E-state index >= 15 is 0 Å². The first-order valence-corrected chi connectivity index (χ1v) is 9.19. The molecule has 1 unspecified atom stereocenters. The van der Waals surface area contributed by atoms with E-state index in [-0.39, 0.29) is 11.8 Å². The predicted molar refractivity (Wildman–Crippen MR) is 114 cm³/mol. The average Bonchev–Trinajstić information content (AvgIpc) is 2.76. The smallest absolute Gasteiger partial charge is 0.129 e. The lowest BCUT2D eigenvalue weighted by molar-refractivity contribution is 0.415. The van der Waals surface area contributed by atoms with Crippen molar-refractivity contribution in [3.63, 3.8) is 0 Å². The first kappa shape index (κ1) is 17.8. The standard InChI is InChI=1S/C25H21NO2/c1-28-21-14-11-18(12-15-21)17-26-24(20-8-3-2-4-9-20)23-16-13-19-7-5-6-10-22(19)25(23)27/h2-17,24,27H,1H3. The number of aliphatic imine (C=N–C) groups is 1. The van der Waals surface area contributed by atoms with Gasteiger partial charge in [-0.05, 0) is 40.8 Å². The largest absolute Gasteiger partial charge is 0.507 e. The Morgan fingerprint density at radius 3 is 2.29 bits per heavy atom. The number of methoxy groups -OCH3 is 1. The van der Waals surface area contributed by atoms with Crippen molar-refractivity contribution in [3.05, 3.63) is 108 Å². The Hall–Kier alpha value is -3.59. The summed E-state index contributed by atoms with van der Waals surface area (Å²) in [6.45, 7) is 0. The van der Waals surface area contributed by atoms with Gasteiger partial charge < -0.3 is 9.84 Å². The number of aromatic hydroxyl groups is 1. The van der Waals surface area contributed by atoms with E-state index in [9.17, 15) is 5.11 Å². The van der Waals surface area contributed by atoms with Gasteiger partial charge in [-0.25, -0.2) is 0 Å². The van der Waals surface area contributed by atoms with E-state index in [2.05, 4.69) is 0 Å². The number of ether oxygens (including phenoxy) is 1. The molecule has 0 radical (unpaired) electrons. The van der Waals surface area contributed by atoms with E-state index in [1.54, 1.807) is 7.11 Å². The van der Waals surface area contributed by atoms with Crippen molar-refractivity contribution in [2.45, 2.75) is 6.04 Å². The molecular formula is C25H21NO2. The molecule has 138 valence electrons. The van der Waals surface area contributed by atoms with Crippen LogP contribution in [0.25, 0.3) is 10.8 Å². The molecule has 0 aliphatic heterocycles. The summed E-state index contributed by atoms with van der Waals surface area (Å²) in [6.07, 6.45) is 1.84. The highest BCUT2D eigenvalue weighted by Gasteiger charge is 2.17. The molecule has 0 aromatic heterocycles. The summed E-state index contributed by atoms with van der Waals surface area (Å²) >= 11 is 0. The van der Waals surface area contributed by atoms with Crippen LogP contribution in [0.3, 0.4) is 0 Å². The topological polar surface area (TPSA) is 41.8 Å². The van der Waals surface area contributed by atoms with Crippen molar-refractivity contribution in [1.29, 1.82) is 0 Å². The van der Waals surface area contributed by atoms with E-state index in [1.165, 1.54) is 0 Å². The van der Waals surface area contributed by atoms with Crippen molar-refractivity contribution in [1.82, 2.24) is 0 Å². The fourth-order valence-electron chi connectivity index (χ4n) is 3.32. The summed E-state index contributed by atoms with van der Waals surface area (Å²) in [5.74, 6) is 1.09. The molecule has 3 nitrogen and oxygen atoms in total. The molecule has 0 saturated heterocycles. The van der Waals surface area contributed by atoms with Gasteiger partial charge in [0.05, 0.1) is 7.11 Å². The minimum Gasteiger partial charge on any atom is -0.507 e. The number of hydrogen-bond acceptors (Lipinski definition) is 3. The lowest BCUT2D eigenvalue weighted by Gasteiger charge is -2.16. The van der Waals surface area contributed by atoms with Crippen molar-refractivity contribution in [2.24, 2.45) is 4.99 Å². The number of phenolic OH excluding ortho intramolecular Hbond substituents is 1. The Morgan fingerprint density at radius 1 is 0.821 bits per heavy atom. The van der Waals surface area contributed by atoms with Crippen LogP contribution in [0.1, 0.15) is 22.7 Å². The predicted octanol–water partition coefficient (Wildman–Crippen LogP) is 5.76. The van der Waals surface area contributed by atoms with Gasteiger partial charge in [-0.2, -0.15) is 0 Å². The van der Waals surface area contributed by atoms with E-state index in [0.717, 1.165) is 33.2 Å². The number of hydrogen-bond donors (Lipinski definition) is 1. The van der Waals surface area contributed by atoms with Crippen LogP contribution in [-0.4, -0.2) is 18.4 Å². The number of rotatable bonds is 5. The Bertz CT molecular complexity index is 1100. The maximum absolute atomic E-state index is 11.0. The Morgan fingerprint density at radius 2 is 1.54 bits per heavy atom. The second-order valence-electron chi connectivity index (χ2n) is 6.59. The first-order valence-electron chi connectivity index (χ1n) is 9.19. The van der Waals surface area contributed by atoms with Crippen LogP contribution in [0.5, 0.6) is 11.5 Å². The molecule has 4 aromatic rings. The number of phenols is 1. The van der Waals surface area contributed by atoms with Crippen molar-refractivity contribution in [2.75, 3.05) is 7.11 Å². The zero-order chi connectivity index (χ0) is 19.3. The zero-order valence-electron chi connectivity index (χ0n) is 15.6. The molecule has 0 saturated carbocycles. The van der Waals surface area contributed by atoms with Gasteiger partial charge in [-0.15, -0.1) is 0 Å².